The van der Waals surface area contributed by atoms with E-state index in [2.05, 4.69) is 33.7 Å². The van der Waals surface area contributed by atoms with Crippen molar-refractivity contribution in [2.24, 2.45) is 23.2 Å². The minimum absolute atomic E-state index is 0.127. The summed E-state index contributed by atoms with van der Waals surface area (Å²) in [5.74, 6) is 0.475. The van der Waals surface area contributed by atoms with Crippen LogP contribution in [0.3, 0.4) is 0 Å². The number of pyridine rings is 2. The monoisotopic (exact) mass is 529 g/mol. The fourth-order valence-electron chi connectivity index (χ4n) is 5.64. The quantitative estimate of drug-likeness (QED) is 0.332. The maximum atomic E-state index is 13.7. The van der Waals surface area contributed by atoms with Crippen molar-refractivity contribution < 1.29 is 9.90 Å². The molecule has 0 atom stereocenters. The average molecular weight is 530 g/mol. The molecule has 1 amide bonds. The number of carbonyl (C=O) groups is 1. The van der Waals surface area contributed by atoms with Crippen molar-refractivity contribution in [3.8, 4) is 11.1 Å². The highest BCUT2D eigenvalue weighted by molar-refractivity contribution is 6.06. The van der Waals surface area contributed by atoms with Gasteiger partial charge in [0.25, 0.3) is 11.5 Å². The number of hydrogen-bond donors (Lipinski definition) is 3. The maximum absolute atomic E-state index is 13.7. The third-order valence-electron chi connectivity index (χ3n) is 7.56. The Morgan fingerprint density at radius 2 is 2.03 bits per heavy atom. The predicted octanol–water partition coefficient (Wildman–Crippen LogP) is 2.64. The number of aliphatic hydroxyl groups excluding tert-OH is 1. The molecule has 0 saturated heterocycles. The van der Waals surface area contributed by atoms with Crippen LogP contribution >= 0.6 is 0 Å². The van der Waals surface area contributed by atoms with E-state index < -0.39 is 0 Å². The molecule has 0 bridgehead atoms. The lowest BCUT2D eigenvalue weighted by atomic mass is 9.90. The lowest BCUT2D eigenvalue weighted by Crippen LogP contribution is -2.41. The lowest BCUT2D eigenvalue weighted by molar-refractivity contribution is 0.0962. The molecule has 10 nitrogen and oxygen atoms in total. The van der Waals surface area contributed by atoms with Crippen LogP contribution < -0.4 is 21.5 Å². The van der Waals surface area contributed by atoms with Crippen LogP contribution in [0, 0.1) is 5.41 Å². The molecular formula is C29H35N7O3. The summed E-state index contributed by atoms with van der Waals surface area (Å²) in [6.07, 6.45) is 6.86. The number of aliphatic imine (C=N–C) groups is 1. The van der Waals surface area contributed by atoms with Crippen molar-refractivity contribution in [2.45, 2.75) is 46.8 Å². The highest BCUT2D eigenvalue weighted by atomic mass is 16.3. The van der Waals surface area contributed by atoms with Gasteiger partial charge in [-0.2, -0.15) is 0 Å². The van der Waals surface area contributed by atoms with E-state index in [0.717, 1.165) is 18.5 Å². The molecule has 3 aromatic heterocycles. The molecule has 0 fully saturated rings. The summed E-state index contributed by atoms with van der Waals surface area (Å²) in [5.41, 5.74) is 11.9. The number of rotatable bonds is 6. The van der Waals surface area contributed by atoms with Gasteiger partial charge in [0.1, 0.15) is 23.0 Å². The molecule has 0 saturated carbocycles. The number of amidine groups is 1. The van der Waals surface area contributed by atoms with Gasteiger partial charge in [-0.3, -0.25) is 14.5 Å². The number of anilines is 1. The van der Waals surface area contributed by atoms with Crippen LogP contribution in [0.1, 0.15) is 48.1 Å². The Bertz CT molecular complexity index is 1590. The first kappa shape index (κ1) is 26.4. The van der Waals surface area contributed by atoms with E-state index in [0.29, 0.717) is 41.3 Å². The second-order valence-electron chi connectivity index (χ2n) is 11.1. The molecular weight excluding hydrogens is 494 g/mol. The summed E-state index contributed by atoms with van der Waals surface area (Å²) in [5, 5.41) is 13.4. The topological polar surface area (TPSA) is 131 Å². The standard InChI is InChI=1S/C29H35N7O3/c1-17(31-4)10-25(30)33-22-11-19(15-34(5)27(22)38)20-6-7-32-26(21(20)16-37)36-9-8-35-23(28(36)39)12-18-13-29(2,3)14-24(18)35/h6-7,10-12,15,31,37H,8-9,13-14,16H2,1-5H3,(H2,30,33)/b17-10-. The minimum Gasteiger partial charge on any atom is -0.392 e. The van der Waals surface area contributed by atoms with Gasteiger partial charge in [-0.15, -0.1) is 0 Å². The Kier molecular flexibility index (Phi) is 6.67. The second-order valence-corrected chi connectivity index (χ2v) is 11.1. The number of nitrogens with two attached hydrogens (primary N) is 1. The van der Waals surface area contributed by atoms with Crippen LogP contribution in [0.2, 0.25) is 0 Å². The number of nitrogens with one attached hydrogen (secondary N) is 1. The van der Waals surface area contributed by atoms with E-state index in [-0.39, 0.29) is 35.0 Å². The van der Waals surface area contributed by atoms with Crippen molar-refractivity contribution >= 4 is 23.2 Å². The number of fused-ring (bicyclic) bond motifs is 3. The van der Waals surface area contributed by atoms with E-state index in [4.69, 9.17) is 5.73 Å². The summed E-state index contributed by atoms with van der Waals surface area (Å²) in [7, 11) is 3.41. The van der Waals surface area contributed by atoms with Crippen LogP contribution in [0.15, 0.2) is 52.2 Å². The molecule has 0 unspecified atom stereocenters. The van der Waals surface area contributed by atoms with E-state index in [1.807, 2.05) is 13.0 Å². The summed E-state index contributed by atoms with van der Waals surface area (Å²) < 4.78 is 3.58. The largest absolute Gasteiger partial charge is 0.392 e. The van der Waals surface area contributed by atoms with Crippen LogP contribution in [0.25, 0.3) is 11.1 Å². The van der Waals surface area contributed by atoms with Gasteiger partial charge >= 0.3 is 0 Å². The summed E-state index contributed by atoms with van der Waals surface area (Å²) in [6, 6.07) is 5.43. The van der Waals surface area contributed by atoms with E-state index in [1.54, 1.807) is 49.6 Å². The highest BCUT2D eigenvalue weighted by Crippen LogP contribution is 2.40. The van der Waals surface area contributed by atoms with Crippen molar-refractivity contribution in [3.05, 3.63) is 75.2 Å². The minimum atomic E-state index is -0.332. The second kappa shape index (κ2) is 9.85. The van der Waals surface area contributed by atoms with Crippen LogP contribution in [-0.2, 0) is 33.0 Å². The number of allylic oxidation sites excluding steroid dienone is 1. The van der Waals surface area contributed by atoms with Crippen LogP contribution in [0.5, 0.6) is 0 Å². The third kappa shape index (κ3) is 4.76. The Hall–Kier alpha value is -4.18. The van der Waals surface area contributed by atoms with Crippen molar-refractivity contribution in [1.82, 2.24) is 19.4 Å². The fraction of sp³-hybridized carbons (Fsp3) is 0.379. The van der Waals surface area contributed by atoms with Gasteiger partial charge in [-0.1, -0.05) is 13.8 Å². The SMILES string of the molecule is CN/C(C)=C\C(N)=Nc1cc(-c2ccnc(N3CCn4c(cc5c4CC(C)(C)C5)C3=O)c2CO)cn(C)c1=O. The fourth-order valence-corrected chi connectivity index (χ4v) is 5.64. The Balaban J connectivity index is 1.54. The molecule has 1 aliphatic heterocycles. The summed E-state index contributed by atoms with van der Waals surface area (Å²) >= 11 is 0. The van der Waals surface area contributed by atoms with Gasteiger partial charge in [-0.05, 0) is 60.6 Å². The smallest absolute Gasteiger partial charge is 0.276 e. The van der Waals surface area contributed by atoms with Gasteiger partial charge in [0.15, 0.2) is 0 Å². The van der Waals surface area contributed by atoms with Gasteiger partial charge in [-0.25, -0.2) is 9.98 Å². The van der Waals surface area contributed by atoms with Crippen LogP contribution in [-0.4, -0.2) is 44.6 Å². The average Bonchev–Trinajstić information content (AvgIpc) is 3.38. The number of carbonyl (C=O) groups excluding carboxylic acids is 1. The number of hydrogen-bond acceptors (Lipinski definition) is 6. The number of aryl methyl sites for hydroxylation is 1. The molecule has 204 valence electrons. The van der Waals surface area contributed by atoms with Crippen molar-refractivity contribution in [3.63, 3.8) is 0 Å². The molecule has 0 radical (unpaired) electrons. The zero-order valence-corrected chi connectivity index (χ0v) is 23.1. The molecule has 0 aromatic carbocycles. The van der Waals surface area contributed by atoms with Crippen molar-refractivity contribution in [1.29, 1.82) is 0 Å². The predicted molar refractivity (Wildman–Crippen MR) is 152 cm³/mol. The Morgan fingerprint density at radius 3 is 2.74 bits per heavy atom. The Morgan fingerprint density at radius 1 is 1.26 bits per heavy atom. The number of aromatic nitrogens is 3. The molecule has 0 spiro atoms. The number of nitrogens with zero attached hydrogens (tertiary/aromatic N) is 5. The van der Waals surface area contributed by atoms with Gasteiger partial charge in [0, 0.05) is 62.1 Å². The molecule has 5 rings (SSSR count). The molecule has 10 heteroatoms. The van der Waals surface area contributed by atoms with Crippen molar-refractivity contribution in [2.75, 3.05) is 18.5 Å². The highest BCUT2D eigenvalue weighted by Gasteiger charge is 2.37. The van der Waals surface area contributed by atoms with E-state index in [1.165, 1.54) is 15.8 Å². The van der Waals surface area contributed by atoms with Gasteiger partial charge in [0.2, 0.25) is 0 Å². The Labute approximate surface area is 227 Å². The number of aliphatic hydroxyl groups is 1. The third-order valence-corrected chi connectivity index (χ3v) is 7.56. The first-order chi connectivity index (χ1) is 18.5. The normalized spacial score (nSPS) is 16.9. The summed E-state index contributed by atoms with van der Waals surface area (Å²) in [6.45, 7) is 7.14. The molecule has 3 aromatic rings. The van der Waals surface area contributed by atoms with E-state index in [9.17, 15) is 14.7 Å². The molecule has 2 aliphatic rings. The zero-order valence-electron chi connectivity index (χ0n) is 23.1. The number of amides is 1. The maximum Gasteiger partial charge on any atom is 0.276 e. The van der Waals surface area contributed by atoms with Gasteiger partial charge in [0.05, 0.1) is 6.61 Å². The zero-order chi connectivity index (χ0) is 28.1. The van der Waals surface area contributed by atoms with Gasteiger partial charge < -0.3 is 25.3 Å². The van der Waals surface area contributed by atoms with Crippen LogP contribution in [0.4, 0.5) is 11.5 Å². The molecule has 1 aliphatic carbocycles. The lowest BCUT2D eigenvalue weighted by Gasteiger charge is -2.31. The van der Waals surface area contributed by atoms with E-state index >= 15 is 0 Å². The molecule has 39 heavy (non-hydrogen) atoms. The first-order valence-electron chi connectivity index (χ1n) is 13.1. The molecule has 4 heterocycles. The first-order valence-corrected chi connectivity index (χ1v) is 13.1. The summed E-state index contributed by atoms with van der Waals surface area (Å²) in [4.78, 5) is 37.0. The molecule has 4 N–H and O–H groups in total.